The number of imide groups is 1. The molecule has 2 atom stereocenters. The minimum atomic E-state index is -0.856. The van der Waals surface area contributed by atoms with Crippen LogP contribution in [0.4, 0.5) is 10.5 Å². The number of rotatable bonds is 3. The highest BCUT2D eigenvalue weighted by molar-refractivity contribution is 6.10. The van der Waals surface area contributed by atoms with Crippen LogP contribution in [0.2, 0.25) is 0 Å². The average molecular weight is 387 g/mol. The van der Waals surface area contributed by atoms with Crippen LogP contribution in [0.15, 0.2) is 18.2 Å². The molecule has 0 radical (unpaired) electrons. The van der Waals surface area contributed by atoms with Crippen molar-refractivity contribution in [1.29, 1.82) is 0 Å². The fourth-order valence-corrected chi connectivity index (χ4v) is 4.22. The third-order valence-electron chi connectivity index (χ3n) is 5.83. The molecule has 2 fully saturated rings. The molecule has 1 saturated heterocycles. The molecule has 4 rings (SSSR count). The van der Waals surface area contributed by atoms with Crippen LogP contribution >= 0.6 is 0 Å². The van der Waals surface area contributed by atoms with E-state index in [-0.39, 0.29) is 18.4 Å². The molecule has 1 aromatic rings. The number of hydrogen-bond donors (Lipinski definition) is 2. The maximum absolute atomic E-state index is 12.9. The maximum atomic E-state index is 12.9. The molecule has 0 aromatic heterocycles. The molecule has 2 heterocycles. The quantitative estimate of drug-likeness (QED) is 0.776. The summed E-state index contributed by atoms with van der Waals surface area (Å²) in [6, 6.07) is 4.65. The van der Waals surface area contributed by atoms with E-state index >= 15 is 0 Å². The van der Waals surface area contributed by atoms with Crippen LogP contribution in [0.3, 0.4) is 0 Å². The third kappa shape index (κ3) is 3.27. The highest BCUT2D eigenvalue weighted by Crippen LogP contribution is 2.38. The Hall–Kier alpha value is -2.77. The van der Waals surface area contributed by atoms with Crippen molar-refractivity contribution in [2.75, 3.05) is 25.1 Å². The second-order valence-electron chi connectivity index (χ2n) is 7.70. The Morgan fingerprint density at radius 3 is 2.79 bits per heavy atom. The molecule has 0 unspecified atom stereocenters. The number of nitrogens with zero attached hydrogens (tertiary/aromatic N) is 1. The number of nitrogens with one attached hydrogen (secondary N) is 2. The van der Waals surface area contributed by atoms with Gasteiger partial charge in [0.2, 0.25) is 5.91 Å². The minimum absolute atomic E-state index is 0.0625. The maximum Gasteiger partial charge on any atom is 0.325 e. The number of hydrogen-bond acceptors (Lipinski definition) is 5. The van der Waals surface area contributed by atoms with E-state index in [2.05, 4.69) is 10.6 Å². The molecule has 3 aliphatic rings. The summed E-state index contributed by atoms with van der Waals surface area (Å²) in [5, 5.41) is 5.59. The number of carbonyl (C=O) groups excluding carboxylic acids is 3. The number of amides is 4. The van der Waals surface area contributed by atoms with E-state index in [1.54, 1.807) is 18.2 Å². The smallest absolute Gasteiger partial charge is 0.325 e. The van der Waals surface area contributed by atoms with E-state index in [0.29, 0.717) is 36.8 Å². The summed E-state index contributed by atoms with van der Waals surface area (Å²) >= 11 is 0. The lowest BCUT2D eigenvalue weighted by molar-refractivity contribution is -0.136. The van der Waals surface area contributed by atoms with Crippen molar-refractivity contribution in [1.82, 2.24) is 10.2 Å². The minimum Gasteiger partial charge on any atom is -0.490 e. The van der Waals surface area contributed by atoms with Gasteiger partial charge in [-0.05, 0) is 30.9 Å². The number of anilines is 1. The first kappa shape index (κ1) is 18.6. The van der Waals surface area contributed by atoms with Crippen LogP contribution in [-0.2, 0) is 9.59 Å². The molecule has 28 heavy (non-hydrogen) atoms. The van der Waals surface area contributed by atoms with Crippen molar-refractivity contribution in [2.45, 2.75) is 44.6 Å². The van der Waals surface area contributed by atoms with Gasteiger partial charge in [0, 0.05) is 18.2 Å². The van der Waals surface area contributed by atoms with Crippen molar-refractivity contribution in [3.05, 3.63) is 18.2 Å². The molecule has 1 aliphatic carbocycles. The molecule has 1 spiro atoms. The summed E-state index contributed by atoms with van der Waals surface area (Å²) in [7, 11) is 0. The van der Waals surface area contributed by atoms with E-state index in [9.17, 15) is 14.4 Å². The van der Waals surface area contributed by atoms with E-state index in [1.165, 1.54) is 0 Å². The zero-order chi connectivity index (χ0) is 19.7. The molecule has 4 amide bonds. The SMILES string of the molecule is C[C@@H]1CCCC[C@]12NC(=O)N(CC(=O)Nc1ccc3c(c1)OCCCO3)C2=O. The van der Waals surface area contributed by atoms with Crippen molar-refractivity contribution in [2.24, 2.45) is 5.92 Å². The van der Waals surface area contributed by atoms with Crippen LogP contribution < -0.4 is 20.1 Å². The molecular weight excluding hydrogens is 362 g/mol. The Labute approximate surface area is 163 Å². The predicted molar refractivity (Wildman–Crippen MR) is 101 cm³/mol. The number of fused-ring (bicyclic) bond motifs is 1. The Kier molecular flexibility index (Phi) is 4.87. The molecule has 1 saturated carbocycles. The van der Waals surface area contributed by atoms with Crippen LogP contribution in [0.5, 0.6) is 11.5 Å². The van der Waals surface area contributed by atoms with Gasteiger partial charge in [-0.1, -0.05) is 19.8 Å². The number of carbonyl (C=O) groups is 3. The van der Waals surface area contributed by atoms with E-state index in [1.807, 2.05) is 6.92 Å². The van der Waals surface area contributed by atoms with Crippen LogP contribution in [0, 0.1) is 5.92 Å². The van der Waals surface area contributed by atoms with Gasteiger partial charge < -0.3 is 20.1 Å². The normalized spacial score (nSPS) is 26.8. The van der Waals surface area contributed by atoms with E-state index in [4.69, 9.17) is 9.47 Å². The van der Waals surface area contributed by atoms with Gasteiger partial charge in [0.05, 0.1) is 13.2 Å². The van der Waals surface area contributed by atoms with Crippen molar-refractivity contribution in [3.63, 3.8) is 0 Å². The van der Waals surface area contributed by atoms with Gasteiger partial charge in [-0.25, -0.2) is 4.79 Å². The summed E-state index contributed by atoms with van der Waals surface area (Å²) in [5.74, 6) is 0.544. The van der Waals surface area contributed by atoms with Crippen molar-refractivity contribution >= 4 is 23.5 Å². The summed E-state index contributed by atoms with van der Waals surface area (Å²) in [4.78, 5) is 38.9. The summed E-state index contributed by atoms with van der Waals surface area (Å²) in [5.41, 5.74) is -0.327. The number of ether oxygens (including phenoxy) is 2. The highest BCUT2D eigenvalue weighted by atomic mass is 16.5. The average Bonchev–Trinajstić information content (AvgIpc) is 2.83. The monoisotopic (exact) mass is 387 g/mol. The fourth-order valence-electron chi connectivity index (χ4n) is 4.22. The first-order valence-electron chi connectivity index (χ1n) is 9.83. The topological polar surface area (TPSA) is 97.0 Å². The molecule has 1 aromatic carbocycles. The van der Waals surface area contributed by atoms with E-state index < -0.39 is 17.5 Å². The Morgan fingerprint density at radius 2 is 2.00 bits per heavy atom. The Morgan fingerprint density at radius 1 is 1.21 bits per heavy atom. The molecule has 8 nitrogen and oxygen atoms in total. The fraction of sp³-hybridized carbons (Fsp3) is 0.550. The zero-order valence-electron chi connectivity index (χ0n) is 16.0. The summed E-state index contributed by atoms with van der Waals surface area (Å²) in [6.45, 7) is 2.81. The Balaban J connectivity index is 1.43. The highest BCUT2D eigenvalue weighted by Gasteiger charge is 2.55. The van der Waals surface area contributed by atoms with E-state index in [0.717, 1.165) is 30.6 Å². The molecule has 0 bridgehead atoms. The molecular formula is C20H25N3O5. The predicted octanol–water partition coefficient (Wildman–Crippen LogP) is 2.29. The largest absolute Gasteiger partial charge is 0.490 e. The standard InChI is InChI=1S/C20H25N3O5/c1-13-5-2-3-8-20(13)18(25)23(19(26)22-20)12-17(24)21-14-6-7-15-16(11-14)28-10-4-9-27-15/h6-7,11,13H,2-5,8-10,12H2,1H3,(H,21,24)(H,22,26)/t13-,20+/m1/s1. The second kappa shape index (κ2) is 7.33. The summed E-state index contributed by atoms with van der Waals surface area (Å²) < 4.78 is 11.2. The van der Waals surface area contributed by atoms with Crippen LogP contribution in [0.25, 0.3) is 0 Å². The Bertz CT molecular complexity index is 811. The van der Waals surface area contributed by atoms with Gasteiger partial charge in [0.1, 0.15) is 12.1 Å². The van der Waals surface area contributed by atoms with Gasteiger partial charge in [-0.3, -0.25) is 14.5 Å². The van der Waals surface area contributed by atoms with Gasteiger partial charge >= 0.3 is 6.03 Å². The lowest BCUT2D eigenvalue weighted by Crippen LogP contribution is -2.54. The summed E-state index contributed by atoms with van der Waals surface area (Å²) in [6.07, 6.45) is 4.26. The van der Waals surface area contributed by atoms with Crippen molar-refractivity contribution < 1.29 is 23.9 Å². The van der Waals surface area contributed by atoms with Crippen LogP contribution in [0.1, 0.15) is 39.0 Å². The number of urea groups is 1. The zero-order valence-corrected chi connectivity index (χ0v) is 16.0. The van der Waals surface area contributed by atoms with Crippen LogP contribution in [-0.4, -0.2) is 48.0 Å². The van der Waals surface area contributed by atoms with Crippen molar-refractivity contribution in [3.8, 4) is 11.5 Å². The first-order chi connectivity index (χ1) is 13.5. The molecule has 2 aliphatic heterocycles. The third-order valence-corrected chi connectivity index (χ3v) is 5.83. The second-order valence-corrected chi connectivity index (χ2v) is 7.70. The lowest BCUT2D eigenvalue weighted by Gasteiger charge is -2.36. The van der Waals surface area contributed by atoms with Gasteiger partial charge in [0.15, 0.2) is 11.5 Å². The lowest BCUT2D eigenvalue weighted by atomic mass is 9.73. The molecule has 8 heteroatoms. The van der Waals surface area contributed by atoms with Gasteiger partial charge in [0.25, 0.3) is 5.91 Å². The molecule has 2 N–H and O–H groups in total. The first-order valence-corrected chi connectivity index (χ1v) is 9.83. The van der Waals surface area contributed by atoms with Gasteiger partial charge in [-0.2, -0.15) is 0 Å². The molecule has 150 valence electrons. The number of benzene rings is 1. The van der Waals surface area contributed by atoms with Gasteiger partial charge in [-0.15, -0.1) is 0 Å².